The Labute approximate surface area is 217 Å². The first-order valence-corrected chi connectivity index (χ1v) is 12.4. The van der Waals surface area contributed by atoms with E-state index in [1.165, 1.54) is 7.11 Å². The molecule has 3 aromatic rings. The summed E-state index contributed by atoms with van der Waals surface area (Å²) in [6.07, 6.45) is -1.72. The monoisotopic (exact) mass is 527 g/mol. The summed E-state index contributed by atoms with van der Waals surface area (Å²) in [4.78, 5) is 25.4. The third kappa shape index (κ3) is 6.00. The zero-order valence-electron chi connectivity index (χ0n) is 20.9. The number of carbonyl (C=O) groups excluding carboxylic acids is 1. The summed E-state index contributed by atoms with van der Waals surface area (Å²) < 4.78 is 50.5. The Kier molecular flexibility index (Phi) is 8.37. The predicted molar refractivity (Wildman–Crippen MR) is 135 cm³/mol. The van der Waals surface area contributed by atoms with Gasteiger partial charge in [-0.3, -0.25) is 14.7 Å². The van der Waals surface area contributed by atoms with Gasteiger partial charge in [0.25, 0.3) is 5.56 Å². The van der Waals surface area contributed by atoms with E-state index in [1.807, 2.05) is 0 Å². The maximum absolute atomic E-state index is 13.6. The molecule has 0 saturated heterocycles. The van der Waals surface area contributed by atoms with E-state index < -0.39 is 30.5 Å². The van der Waals surface area contributed by atoms with Crippen molar-refractivity contribution in [3.63, 3.8) is 0 Å². The molecule has 38 heavy (non-hydrogen) atoms. The third-order valence-corrected chi connectivity index (χ3v) is 6.83. The van der Waals surface area contributed by atoms with Crippen molar-refractivity contribution < 1.29 is 27.4 Å². The molecule has 0 aliphatic heterocycles. The Morgan fingerprint density at radius 1 is 1.13 bits per heavy atom. The van der Waals surface area contributed by atoms with Gasteiger partial charge in [-0.2, -0.15) is 18.4 Å². The summed E-state index contributed by atoms with van der Waals surface area (Å²) in [5.41, 5.74) is 0.408. The number of nitrogens with one attached hydrogen (secondary N) is 1. The number of pyridine rings is 1. The first kappa shape index (κ1) is 27.2. The second kappa shape index (κ2) is 11.7. The van der Waals surface area contributed by atoms with Crippen LogP contribution in [-0.4, -0.2) is 36.6 Å². The second-order valence-electron chi connectivity index (χ2n) is 9.33. The first-order chi connectivity index (χ1) is 18.2. The molecule has 0 radical (unpaired) electrons. The van der Waals surface area contributed by atoms with Crippen LogP contribution in [0.5, 0.6) is 5.75 Å². The number of fused-ring (bicyclic) bond motifs is 1. The number of methoxy groups -OCH3 is 1. The minimum atomic E-state index is -5.21. The number of hydrogen-bond acceptors (Lipinski definition) is 6. The lowest BCUT2D eigenvalue weighted by Crippen LogP contribution is -2.45. The van der Waals surface area contributed by atoms with E-state index in [4.69, 9.17) is 9.47 Å². The lowest BCUT2D eigenvalue weighted by Gasteiger charge is -2.27. The van der Waals surface area contributed by atoms with Crippen LogP contribution >= 0.6 is 0 Å². The van der Waals surface area contributed by atoms with Crippen molar-refractivity contribution in [3.8, 4) is 22.9 Å². The number of aromatic nitrogens is 1. The molecule has 0 spiro atoms. The molecular weight excluding hydrogens is 499 g/mol. The van der Waals surface area contributed by atoms with Crippen LogP contribution in [0.4, 0.5) is 13.2 Å². The summed E-state index contributed by atoms with van der Waals surface area (Å²) in [5, 5.41) is 13.8. The molecule has 1 atom stereocenters. The second-order valence-corrected chi connectivity index (χ2v) is 9.33. The van der Waals surface area contributed by atoms with Crippen LogP contribution in [0.2, 0.25) is 0 Å². The molecule has 1 unspecified atom stereocenters. The number of nitrogens with zero attached hydrogens (tertiary/aromatic N) is 2. The van der Waals surface area contributed by atoms with Gasteiger partial charge in [0.1, 0.15) is 17.5 Å². The number of hydrogen-bond donors (Lipinski definition) is 1. The summed E-state index contributed by atoms with van der Waals surface area (Å²) in [6.45, 7) is -0.152. The van der Waals surface area contributed by atoms with Crippen LogP contribution in [0.25, 0.3) is 21.9 Å². The van der Waals surface area contributed by atoms with Crippen LogP contribution in [0, 0.1) is 17.2 Å². The van der Waals surface area contributed by atoms with Gasteiger partial charge >= 0.3 is 12.1 Å². The maximum Gasteiger partial charge on any atom is 0.490 e. The van der Waals surface area contributed by atoms with Gasteiger partial charge in [-0.25, -0.2) is 4.79 Å². The van der Waals surface area contributed by atoms with Crippen LogP contribution < -0.4 is 15.6 Å². The fraction of sp³-hybridized carbons (Fsp3) is 0.393. The molecule has 1 aliphatic carbocycles. The van der Waals surface area contributed by atoms with Crippen molar-refractivity contribution in [2.45, 2.75) is 51.1 Å². The fourth-order valence-electron chi connectivity index (χ4n) is 4.94. The molecular formula is C28H28F3N3O4. The van der Waals surface area contributed by atoms with Crippen LogP contribution in [0.3, 0.4) is 0 Å². The Morgan fingerprint density at radius 2 is 1.84 bits per heavy atom. The highest BCUT2D eigenvalue weighted by atomic mass is 19.4. The van der Waals surface area contributed by atoms with Crippen molar-refractivity contribution >= 4 is 16.7 Å². The van der Waals surface area contributed by atoms with E-state index in [2.05, 4.69) is 11.4 Å². The molecule has 1 saturated carbocycles. The Balaban J connectivity index is 1.81. The predicted octanol–water partition coefficient (Wildman–Crippen LogP) is 5.15. The Bertz CT molecular complexity index is 1390. The fourth-order valence-corrected chi connectivity index (χ4v) is 4.94. The van der Waals surface area contributed by atoms with Gasteiger partial charge in [0.2, 0.25) is 0 Å². The average Bonchev–Trinajstić information content (AvgIpc) is 2.93. The number of carbonyl (C=O) groups is 1. The molecule has 4 rings (SSSR count). The van der Waals surface area contributed by atoms with E-state index in [-0.39, 0.29) is 17.0 Å². The van der Waals surface area contributed by atoms with E-state index in [9.17, 15) is 28.0 Å². The molecule has 7 nitrogen and oxygen atoms in total. The van der Waals surface area contributed by atoms with E-state index in [1.54, 1.807) is 48.5 Å². The van der Waals surface area contributed by atoms with Crippen molar-refractivity contribution in [1.82, 2.24) is 9.88 Å². The normalized spacial score (nSPS) is 15.1. The summed E-state index contributed by atoms with van der Waals surface area (Å²) >= 11 is 0. The number of rotatable bonds is 8. The lowest BCUT2D eigenvalue weighted by molar-refractivity contribution is -0.207. The van der Waals surface area contributed by atoms with Crippen molar-refractivity contribution in [1.29, 1.82) is 5.26 Å². The number of esters is 1. The molecule has 1 heterocycles. The van der Waals surface area contributed by atoms with Crippen LogP contribution in [0.1, 0.15) is 37.8 Å². The minimum absolute atomic E-state index is 0.0607. The number of halogens is 3. The topological polar surface area (TPSA) is 93.3 Å². The standard InChI is InChI=1S/C28H28F3N3O4/c1-37-20-12-13-21-22(14-20)25(19-10-6-3-7-11-19)23(15-32)34(26(21)35)17-24(38-27(36)28(29,30)31)33-16-18-8-4-2-5-9-18/h3,6-7,10-14,18,24,33H,2,4-5,8-9,16-17H2,1H3. The SMILES string of the molecule is COc1ccc2c(=O)n(CC(NCC3CCCCC3)OC(=O)C(F)(F)F)c(C#N)c(-c3ccccc3)c2c1. The number of ether oxygens (including phenoxy) is 2. The number of alkyl halides is 3. The van der Waals surface area contributed by atoms with Gasteiger partial charge in [0.05, 0.1) is 13.7 Å². The molecule has 1 aromatic heterocycles. The van der Waals surface area contributed by atoms with Crippen LogP contribution in [-0.2, 0) is 16.1 Å². The zero-order chi connectivity index (χ0) is 27.3. The van der Waals surface area contributed by atoms with E-state index in [0.717, 1.165) is 36.7 Å². The Morgan fingerprint density at radius 3 is 2.47 bits per heavy atom. The molecule has 10 heteroatoms. The van der Waals surface area contributed by atoms with E-state index in [0.29, 0.717) is 28.8 Å². The first-order valence-electron chi connectivity index (χ1n) is 12.4. The molecule has 0 amide bonds. The molecule has 1 aliphatic rings. The molecule has 0 bridgehead atoms. The highest BCUT2D eigenvalue weighted by molar-refractivity contribution is 5.99. The average molecular weight is 528 g/mol. The highest BCUT2D eigenvalue weighted by Gasteiger charge is 2.42. The van der Waals surface area contributed by atoms with E-state index >= 15 is 0 Å². The van der Waals surface area contributed by atoms with Gasteiger partial charge in [0, 0.05) is 22.9 Å². The highest BCUT2D eigenvalue weighted by Crippen LogP contribution is 2.33. The quantitative estimate of drug-likeness (QED) is 0.322. The summed E-state index contributed by atoms with van der Waals surface area (Å²) in [5.74, 6) is -1.67. The van der Waals surface area contributed by atoms with Gasteiger partial charge in [0.15, 0.2) is 6.23 Å². The van der Waals surface area contributed by atoms with Crippen molar-refractivity contribution in [2.24, 2.45) is 5.92 Å². The molecule has 200 valence electrons. The van der Waals surface area contributed by atoms with Crippen molar-refractivity contribution in [3.05, 3.63) is 64.6 Å². The Hall–Kier alpha value is -3.84. The molecule has 2 aromatic carbocycles. The molecule has 1 N–H and O–H groups in total. The maximum atomic E-state index is 13.6. The third-order valence-electron chi connectivity index (χ3n) is 6.83. The summed E-state index contributed by atoms with van der Waals surface area (Å²) in [6, 6.07) is 15.7. The summed E-state index contributed by atoms with van der Waals surface area (Å²) in [7, 11) is 1.48. The van der Waals surface area contributed by atoms with Gasteiger partial charge < -0.3 is 9.47 Å². The van der Waals surface area contributed by atoms with Gasteiger partial charge in [-0.1, -0.05) is 49.6 Å². The largest absolute Gasteiger partial charge is 0.497 e. The van der Waals surface area contributed by atoms with Gasteiger partial charge in [-0.05, 0) is 42.5 Å². The number of benzene rings is 2. The van der Waals surface area contributed by atoms with Gasteiger partial charge in [-0.15, -0.1) is 0 Å². The van der Waals surface area contributed by atoms with Crippen LogP contribution in [0.15, 0.2) is 53.3 Å². The number of nitriles is 1. The molecule has 1 fully saturated rings. The lowest BCUT2D eigenvalue weighted by atomic mass is 9.89. The zero-order valence-corrected chi connectivity index (χ0v) is 20.9. The minimum Gasteiger partial charge on any atom is -0.497 e. The smallest absolute Gasteiger partial charge is 0.490 e. The van der Waals surface area contributed by atoms with Crippen molar-refractivity contribution in [2.75, 3.05) is 13.7 Å².